The monoisotopic (exact) mass is 177 g/mol. The van der Waals surface area contributed by atoms with Gasteiger partial charge in [0.15, 0.2) is 0 Å². The number of halogens is 1. The second kappa shape index (κ2) is 5.49. The first-order valence-corrected chi connectivity index (χ1v) is 4.54. The van der Waals surface area contributed by atoms with Crippen LogP contribution in [-0.4, -0.2) is 24.9 Å². The van der Waals surface area contributed by atoms with Crippen molar-refractivity contribution in [1.29, 1.82) is 0 Å². The maximum absolute atomic E-state index is 13.6. The van der Waals surface area contributed by atoms with Crippen molar-refractivity contribution < 1.29 is 9.13 Å². The van der Waals surface area contributed by atoms with Gasteiger partial charge in [0, 0.05) is 6.54 Å². The molecule has 0 rings (SSSR count). The first kappa shape index (κ1) is 11.8. The van der Waals surface area contributed by atoms with Crippen molar-refractivity contribution >= 4 is 0 Å². The van der Waals surface area contributed by atoms with Crippen molar-refractivity contribution in [2.75, 3.05) is 13.2 Å². The highest BCUT2D eigenvalue weighted by Gasteiger charge is 2.27. The molecule has 0 radical (unpaired) electrons. The quantitative estimate of drug-likeness (QED) is 0.672. The molecule has 0 bridgehead atoms. The number of alkyl halides is 1. The SMILES string of the molecule is CCCC(F)(CN)COC(C)C. The van der Waals surface area contributed by atoms with Gasteiger partial charge < -0.3 is 10.5 Å². The second-order valence-electron chi connectivity index (χ2n) is 3.46. The Balaban J connectivity index is 3.78. The van der Waals surface area contributed by atoms with Crippen LogP contribution in [0.2, 0.25) is 0 Å². The highest BCUT2D eigenvalue weighted by molar-refractivity contribution is 4.79. The Labute approximate surface area is 74.3 Å². The minimum atomic E-state index is -1.32. The van der Waals surface area contributed by atoms with E-state index in [4.69, 9.17) is 10.5 Å². The van der Waals surface area contributed by atoms with Gasteiger partial charge >= 0.3 is 0 Å². The van der Waals surface area contributed by atoms with Crippen LogP contribution in [0.15, 0.2) is 0 Å². The summed E-state index contributed by atoms with van der Waals surface area (Å²) in [4.78, 5) is 0. The number of hydrogen-bond acceptors (Lipinski definition) is 2. The third-order valence-corrected chi connectivity index (χ3v) is 1.74. The van der Waals surface area contributed by atoms with Crippen LogP contribution in [0.5, 0.6) is 0 Å². The molecule has 0 aromatic carbocycles. The van der Waals surface area contributed by atoms with Crippen molar-refractivity contribution in [1.82, 2.24) is 0 Å². The van der Waals surface area contributed by atoms with Crippen molar-refractivity contribution in [2.45, 2.75) is 45.4 Å². The Hall–Kier alpha value is -0.150. The number of rotatable bonds is 6. The molecule has 0 saturated heterocycles. The van der Waals surface area contributed by atoms with Crippen LogP contribution in [0.1, 0.15) is 33.6 Å². The lowest BCUT2D eigenvalue weighted by Gasteiger charge is -2.23. The van der Waals surface area contributed by atoms with Gasteiger partial charge in [0.2, 0.25) is 0 Å². The van der Waals surface area contributed by atoms with Crippen LogP contribution in [0.4, 0.5) is 4.39 Å². The van der Waals surface area contributed by atoms with Crippen molar-refractivity contribution in [3.8, 4) is 0 Å². The summed E-state index contributed by atoms with van der Waals surface area (Å²) in [5.74, 6) is 0. The first-order chi connectivity index (χ1) is 5.54. The van der Waals surface area contributed by atoms with E-state index < -0.39 is 5.67 Å². The summed E-state index contributed by atoms with van der Waals surface area (Å²) in [7, 11) is 0. The highest BCUT2D eigenvalue weighted by atomic mass is 19.1. The Morgan fingerprint density at radius 3 is 2.42 bits per heavy atom. The molecule has 0 aromatic heterocycles. The number of hydrogen-bond donors (Lipinski definition) is 1. The summed E-state index contributed by atoms with van der Waals surface area (Å²) in [6.45, 7) is 5.90. The fraction of sp³-hybridized carbons (Fsp3) is 1.00. The van der Waals surface area contributed by atoms with Crippen molar-refractivity contribution in [3.63, 3.8) is 0 Å². The molecule has 1 unspecified atom stereocenters. The average Bonchev–Trinajstić information content (AvgIpc) is 2.02. The van der Waals surface area contributed by atoms with E-state index in [1.54, 1.807) is 0 Å². The van der Waals surface area contributed by atoms with E-state index in [2.05, 4.69) is 0 Å². The Morgan fingerprint density at radius 1 is 1.50 bits per heavy atom. The van der Waals surface area contributed by atoms with Gasteiger partial charge in [0.25, 0.3) is 0 Å². The summed E-state index contributed by atoms with van der Waals surface area (Å²) in [6.07, 6.45) is 1.36. The lowest BCUT2D eigenvalue weighted by Crippen LogP contribution is -2.38. The standard InChI is InChI=1S/C9H20FNO/c1-4-5-9(10,6-11)7-12-8(2)3/h8H,4-7,11H2,1-3H3. The van der Waals surface area contributed by atoms with Gasteiger partial charge in [-0.15, -0.1) is 0 Å². The minimum Gasteiger partial charge on any atom is -0.375 e. The molecule has 12 heavy (non-hydrogen) atoms. The molecule has 0 aliphatic carbocycles. The van der Waals surface area contributed by atoms with Gasteiger partial charge in [0.1, 0.15) is 5.67 Å². The normalized spacial score (nSPS) is 16.5. The molecule has 3 heteroatoms. The molecular formula is C9H20FNO. The molecule has 0 amide bonds. The predicted octanol–water partition coefficient (Wildman–Crippen LogP) is 1.88. The Bertz CT molecular complexity index is 119. The summed E-state index contributed by atoms with van der Waals surface area (Å²) in [6, 6.07) is 0. The average molecular weight is 177 g/mol. The lowest BCUT2D eigenvalue weighted by molar-refractivity contribution is -0.0142. The molecule has 0 heterocycles. The van der Waals surface area contributed by atoms with E-state index in [0.717, 1.165) is 6.42 Å². The minimum absolute atomic E-state index is 0.0492. The largest absolute Gasteiger partial charge is 0.375 e. The third kappa shape index (κ3) is 4.67. The summed E-state index contributed by atoms with van der Waals surface area (Å²) < 4.78 is 18.8. The predicted molar refractivity (Wildman–Crippen MR) is 48.9 cm³/mol. The Kier molecular flexibility index (Phi) is 5.42. The van der Waals surface area contributed by atoms with Crippen molar-refractivity contribution in [3.05, 3.63) is 0 Å². The molecule has 2 N–H and O–H groups in total. The van der Waals surface area contributed by atoms with E-state index >= 15 is 0 Å². The van der Waals surface area contributed by atoms with Gasteiger partial charge in [-0.25, -0.2) is 4.39 Å². The molecule has 0 spiro atoms. The van der Waals surface area contributed by atoms with E-state index in [-0.39, 0.29) is 19.3 Å². The molecule has 0 aliphatic rings. The van der Waals surface area contributed by atoms with Crippen LogP contribution in [0.25, 0.3) is 0 Å². The van der Waals surface area contributed by atoms with Crippen LogP contribution < -0.4 is 5.73 Å². The molecular weight excluding hydrogens is 157 g/mol. The van der Waals surface area contributed by atoms with Crippen LogP contribution >= 0.6 is 0 Å². The third-order valence-electron chi connectivity index (χ3n) is 1.74. The molecule has 2 nitrogen and oxygen atoms in total. The van der Waals surface area contributed by atoms with E-state index in [9.17, 15) is 4.39 Å². The van der Waals surface area contributed by atoms with E-state index in [1.807, 2.05) is 20.8 Å². The molecule has 0 aliphatic heterocycles. The molecule has 0 fully saturated rings. The van der Waals surface area contributed by atoms with Crippen LogP contribution in [0, 0.1) is 0 Å². The maximum Gasteiger partial charge on any atom is 0.146 e. The summed E-state index contributed by atoms with van der Waals surface area (Å²) >= 11 is 0. The smallest absolute Gasteiger partial charge is 0.146 e. The zero-order valence-corrected chi connectivity index (χ0v) is 8.27. The molecule has 74 valence electrons. The molecule has 0 aromatic rings. The van der Waals surface area contributed by atoms with Crippen LogP contribution in [0.3, 0.4) is 0 Å². The zero-order valence-electron chi connectivity index (χ0n) is 8.27. The van der Waals surface area contributed by atoms with Gasteiger partial charge in [-0.1, -0.05) is 13.3 Å². The van der Waals surface area contributed by atoms with Crippen molar-refractivity contribution in [2.24, 2.45) is 5.73 Å². The second-order valence-corrected chi connectivity index (χ2v) is 3.46. The molecule has 1 atom stereocenters. The molecule has 0 saturated carbocycles. The first-order valence-electron chi connectivity index (χ1n) is 4.54. The Morgan fingerprint density at radius 2 is 2.08 bits per heavy atom. The zero-order chi connectivity index (χ0) is 9.61. The van der Waals surface area contributed by atoms with Gasteiger partial charge in [0.05, 0.1) is 12.7 Å². The fourth-order valence-electron chi connectivity index (χ4n) is 0.997. The number of ether oxygens (including phenoxy) is 1. The lowest BCUT2D eigenvalue weighted by atomic mass is 10.0. The van der Waals surface area contributed by atoms with Gasteiger partial charge in [-0.2, -0.15) is 0 Å². The van der Waals surface area contributed by atoms with Gasteiger partial charge in [-0.05, 0) is 20.3 Å². The van der Waals surface area contributed by atoms with Crippen LogP contribution in [-0.2, 0) is 4.74 Å². The van der Waals surface area contributed by atoms with E-state index in [0.29, 0.717) is 6.42 Å². The summed E-state index contributed by atoms with van der Waals surface area (Å²) in [5, 5.41) is 0. The van der Waals surface area contributed by atoms with Gasteiger partial charge in [-0.3, -0.25) is 0 Å². The maximum atomic E-state index is 13.6. The number of nitrogens with two attached hydrogens (primary N) is 1. The fourth-order valence-corrected chi connectivity index (χ4v) is 0.997. The highest BCUT2D eigenvalue weighted by Crippen LogP contribution is 2.17. The summed E-state index contributed by atoms with van der Waals surface area (Å²) in [5.41, 5.74) is 4.00. The van der Waals surface area contributed by atoms with E-state index in [1.165, 1.54) is 0 Å². The topological polar surface area (TPSA) is 35.2 Å².